The molecule has 1 N–H and O–H groups in total. The van der Waals surface area contributed by atoms with Crippen molar-refractivity contribution in [2.24, 2.45) is 17.8 Å². The maximum atomic E-state index is 3.83. The molecule has 0 amide bonds. The molecule has 0 radical (unpaired) electrons. The Balaban J connectivity index is 1.68. The lowest BCUT2D eigenvalue weighted by Gasteiger charge is -2.45. The summed E-state index contributed by atoms with van der Waals surface area (Å²) in [4.78, 5) is 2.92. The van der Waals surface area contributed by atoms with Gasteiger partial charge in [0.2, 0.25) is 0 Å². The summed E-state index contributed by atoms with van der Waals surface area (Å²) in [6.07, 6.45) is 8.56. The lowest BCUT2D eigenvalue weighted by molar-refractivity contribution is 0.0531. The molecule has 3 rings (SSSR count). The Hall–Kier alpha value is -0.0800. The van der Waals surface area contributed by atoms with Gasteiger partial charge >= 0.3 is 0 Å². The number of nitrogens with one attached hydrogen (secondary N) is 1. The van der Waals surface area contributed by atoms with Crippen molar-refractivity contribution in [1.29, 1.82) is 0 Å². The molecule has 110 valence electrons. The van der Waals surface area contributed by atoms with E-state index in [9.17, 15) is 0 Å². The Kier molecular flexibility index (Phi) is 4.19. The van der Waals surface area contributed by atoms with Crippen LogP contribution < -0.4 is 5.32 Å². The van der Waals surface area contributed by atoms with Gasteiger partial charge in [-0.1, -0.05) is 27.2 Å². The van der Waals surface area contributed by atoms with E-state index in [1.165, 1.54) is 51.6 Å². The van der Waals surface area contributed by atoms with Gasteiger partial charge in [0.1, 0.15) is 0 Å². The van der Waals surface area contributed by atoms with Crippen molar-refractivity contribution in [3.63, 3.8) is 0 Å². The van der Waals surface area contributed by atoms with Gasteiger partial charge in [0, 0.05) is 31.2 Å². The average Bonchev–Trinajstić information content (AvgIpc) is 3.22. The minimum atomic E-state index is 0.790. The second-order valence-corrected chi connectivity index (χ2v) is 7.28. The van der Waals surface area contributed by atoms with E-state index in [4.69, 9.17) is 0 Å². The van der Waals surface area contributed by atoms with E-state index in [0.717, 1.165) is 35.9 Å². The molecule has 19 heavy (non-hydrogen) atoms. The van der Waals surface area contributed by atoms with E-state index in [2.05, 4.69) is 31.0 Å². The van der Waals surface area contributed by atoms with E-state index in [0.29, 0.717) is 0 Å². The van der Waals surface area contributed by atoms with E-state index < -0.39 is 0 Å². The van der Waals surface area contributed by atoms with Gasteiger partial charge in [0.15, 0.2) is 0 Å². The normalized spacial score (nSPS) is 44.7. The minimum Gasteiger partial charge on any atom is -0.311 e. The molecule has 1 aliphatic heterocycles. The van der Waals surface area contributed by atoms with Crippen LogP contribution in [0.5, 0.6) is 0 Å². The Morgan fingerprint density at radius 2 is 1.84 bits per heavy atom. The average molecular weight is 264 g/mol. The van der Waals surface area contributed by atoms with Crippen LogP contribution in [0.25, 0.3) is 0 Å². The van der Waals surface area contributed by atoms with E-state index in [1.54, 1.807) is 0 Å². The quantitative estimate of drug-likeness (QED) is 0.838. The van der Waals surface area contributed by atoms with Crippen molar-refractivity contribution in [2.45, 2.75) is 77.4 Å². The first kappa shape index (κ1) is 13.9. The third-order valence-electron chi connectivity index (χ3n) is 6.29. The van der Waals surface area contributed by atoms with Crippen molar-refractivity contribution in [2.75, 3.05) is 13.1 Å². The summed E-state index contributed by atoms with van der Waals surface area (Å²) < 4.78 is 0. The van der Waals surface area contributed by atoms with Crippen LogP contribution in [0.3, 0.4) is 0 Å². The van der Waals surface area contributed by atoms with Crippen molar-refractivity contribution in [1.82, 2.24) is 10.2 Å². The molecule has 1 saturated heterocycles. The van der Waals surface area contributed by atoms with Gasteiger partial charge in [0.25, 0.3) is 0 Å². The molecular weight excluding hydrogens is 232 g/mol. The van der Waals surface area contributed by atoms with Gasteiger partial charge in [0.05, 0.1) is 0 Å². The van der Waals surface area contributed by atoms with Crippen LogP contribution in [0.15, 0.2) is 0 Å². The number of nitrogens with zero attached hydrogens (tertiary/aromatic N) is 1. The maximum absolute atomic E-state index is 3.83. The number of hydrogen-bond donors (Lipinski definition) is 1. The van der Waals surface area contributed by atoms with E-state index >= 15 is 0 Å². The molecule has 0 aromatic heterocycles. The van der Waals surface area contributed by atoms with Crippen molar-refractivity contribution >= 4 is 0 Å². The smallest absolute Gasteiger partial charge is 0.0224 e. The molecule has 0 aromatic carbocycles. The van der Waals surface area contributed by atoms with Gasteiger partial charge in [-0.05, 0) is 49.9 Å². The molecule has 5 atom stereocenters. The fourth-order valence-corrected chi connectivity index (χ4v) is 4.71. The third kappa shape index (κ3) is 2.71. The zero-order valence-corrected chi connectivity index (χ0v) is 13.1. The largest absolute Gasteiger partial charge is 0.311 e. The van der Waals surface area contributed by atoms with Crippen molar-refractivity contribution in [3.8, 4) is 0 Å². The summed E-state index contributed by atoms with van der Waals surface area (Å²) in [6.45, 7) is 9.83. The highest BCUT2D eigenvalue weighted by Gasteiger charge is 2.43. The predicted molar refractivity (Wildman–Crippen MR) is 81.3 cm³/mol. The van der Waals surface area contributed by atoms with Gasteiger partial charge in [-0.25, -0.2) is 0 Å². The SMILES string of the molecule is CCC1CCC(N2CC(C3CC3)NCC2CC)C1C. The van der Waals surface area contributed by atoms with Crippen LogP contribution in [0.4, 0.5) is 0 Å². The molecule has 2 heteroatoms. The Bertz CT molecular complexity index is 300. The fraction of sp³-hybridized carbons (Fsp3) is 1.00. The van der Waals surface area contributed by atoms with Crippen LogP contribution in [-0.2, 0) is 0 Å². The van der Waals surface area contributed by atoms with Crippen LogP contribution >= 0.6 is 0 Å². The Morgan fingerprint density at radius 3 is 2.42 bits per heavy atom. The number of piperazine rings is 1. The highest BCUT2D eigenvalue weighted by atomic mass is 15.3. The molecule has 0 spiro atoms. The summed E-state index contributed by atoms with van der Waals surface area (Å²) in [5, 5.41) is 3.83. The molecule has 2 saturated carbocycles. The molecule has 2 nitrogen and oxygen atoms in total. The summed E-state index contributed by atoms with van der Waals surface area (Å²) in [7, 11) is 0. The zero-order chi connectivity index (χ0) is 13.4. The molecule has 5 unspecified atom stereocenters. The van der Waals surface area contributed by atoms with Crippen LogP contribution in [-0.4, -0.2) is 36.1 Å². The summed E-state index contributed by atoms with van der Waals surface area (Å²) in [5.74, 6) is 2.90. The molecular formula is C17H32N2. The van der Waals surface area contributed by atoms with E-state index in [-0.39, 0.29) is 0 Å². The fourth-order valence-electron chi connectivity index (χ4n) is 4.71. The van der Waals surface area contributed by atoms with Crippen molar-refractivity contribution < 1.29 is 0 Å². The first-order valence-corrected chi connectivity index (χ1v) is 8.73. The monoisotopic (exact) mass is 264 g/mol. The summed E-state index contributed by atoms with van der Waals surface area (Å²) in [6, 6.07) is 2.46. The van der Waals surface area contributed by atoms with Crippen LogP contribution in [0.1, 0.15) is 59.3 Å². The highest BCUT2D eigenvalue weighted by molar-refractivity contribution is 4.99. The maximum Gasteiger partial charge on any atom is 0.0224 e. The Labute approximate surface area is 119 Å². The number of hydrogen-bond acceptors (Lipinski definition) is 2. The summed E-state index contributed by atoms with van der Waals surface area (Å²) >= 11 is 0. The molecule has 0 bridgehead atoms. The Morgan fingerprint density at radius 1 is 1.05 bits per heavy atom. The minimum absolute atomic E-state index is 0.790. The second-order valence-electron chi connectivity index (χ2n) is 7.28. The first-order valence-electron chi connectivity index (χ1n) is 8.73. The topological polar surface area (TPSA) is 15.3 Å². The van der Waals surface area contributed by atoms with Gasteiger partial charge < -0.3 is 5.32 Å². The molecule has 2 aliphatic carbocycles. The van der Waals surface area contributed by atoms with Crippen molar-refractivity contribution in [3.05, 3.63) is 0 Å². The highest BCUT2D eigenvalue weighted by Crippen LogP contribution is 2.40. The van der Waals surface area contributed by atoms with Gasteiger partial charge in [-0.3, -0.25) is 4.90 Å². The summed E-state index contributed by atoms with van der Waals surface area (Å²) in [5.41, 5.74) is 0. The van der Waals surface area contributed by atoms with Crippen LogP contribution in [0.2, 0.25) is 0 Å². The predicted octanol–water partition coefficient (Wildman–Crippen LogP) is 3.27. The number of rotatable bonds is 4. The molecule has 0 aromatic rings. The molecule has 1 heterocycles. The third-order valence-corrected chi connectivity index (χ3v) is 6.29. The standard InChI is InChI=1S/C17H32N2/c1-4-13-8-9-17(12(13)3)19-11-16(14-6-7-14)18-10-15(19)5-2/h12-18H,4-11H2,1-3H3. The lowest BCUT2D eigenvalue weighted by atomic mass is 9.91. The zero-order valence-electron chi connectivity index (χ0n) is 13.1. The van der Waals surface area contributed by atoms with Gasteiger partial charge in [-0.2, -0.15) is 0 Å². The molecule has 3 fully saturated rings. The first-order chi connectivity index (χ1) is 9.24. The lowest BCUT2D eigenvalue weighted by Crippen LogP contribution is -2.60. The van der Waals surface area contributed by atoms with Gasteiger partial charge in [-0.15, -0.1) is 0 Å². The van der Waals surface area contributed by atoms with Crippen LogP contribution in [0, 0.1) is 17.8 Å². The molecule has 3 aliphatic rings. The van der Waals surface area contributed by atoms with E-state index in [1.807, 2.05) is 0 Å². The second kappa shape index (κ2) is 5.73.